The fourth-order valence-corrected chi connectivity index (χ4v) is 2.46. The van der Waals surface area contributed by atoms with Crippen LogP contribution in [0, 0.1) is 0 Å². The van der Waals surface area contributed by atoms with Gasteiger partial charge in [-0.15, -0.1) is 0 Å². The van der Waals surface area contributed by atoms with Crippen molar-refractivity contribution in [2.45, 2.75) is 33.1 Å². The Bertz CT molecular complexity index is 789. The summed E-state index contributed by atoms with van der Waals surface area (Å²) in [6.07, 6.45) is 4.47. The lowest BCUT2D eigenvalue weighted by molar-refractivity contribution is 0.0963. The minimum atomic E-state index is -0.127. The van der Waals surface area contributed by atoms with E-state index in [9.17, 15) is 9.59 Å². The zero-order valence-corrected chi connectivity index (χ0v) is 14.3. The van der Waals surface area contributed by atoms with Crippen molar-refractivity contribution in [3.8, 4) is 0 Å². The van der Waals surface area contributed by atoms with Crippen LogP contribution in [0.2, 0.25) is 0 Å². The molecule has 24 heavy (non-hydrogen) atoms. The SMILES string of the molecule is CCCc1cc(=O)[nH]c(/C(=C/c2ccc(C(=O)NC)cc2)CC)n1. The van der Waals surface area contributed by atoms with E-state index in [1.54, 1.807) is 25.2 Å². The fourth-order valence-electron chi connectivity index (χ4n) is 2.46. The van der Waals surface area contributed by atoms with Gasteiger partial charge in [-0.1, -0.05) is 32.4 Å². The molecule has 0 saturated heterocycles. The fraction of sp³-hybridized carbons (Fsp3) is 0.316. The number of hydrogen-bond donors (Lipinski definition) is 2. The first-order chi connectivity index (χ1) is 11.6. The Morgan fingerprint density at radius 3 is 2.54 bits per heavy atom. The number of hydrogen-bond acceptors (Lipinski definition) is 3. The van der Waals surface area contributed by atoms with Gasteiger partial charge in [0.05, 0.1) is 0 Å². The third-order valence-electron chi connectivity index (χ3n) is 3.73. The van der Waals surface area contributed by atoms with Crippen LogP contribution in [-0.4, -0.2) is 22.9 Å². The standard InChI is InChI=1S/C19H23N3O2/c1-4-6-16-12-17(23)22-18(21-16)14(5-2)11-13-7-9-15(10-8-13)19(24)20-3/h7-12H,4-6H2,1-3H3,(H,20,24)(H,21,22,23)/b14-11+. The van der Waals surface area contributed by atoms with Crippen molar-refractivity contribution in [2.24, 2.45) is 0 Å². The van der Waals surface area contributed by atoms with E-state index in [1.807, 2.05) is 25.1 Å². The van der Waals surface area contributed by atoms with Crippen molar-refractivity contribution in [2.75, 3.05) is 7.05 Å². The smallest absolute Gasteiger partial charge is 0.251 e. The predicted octanol–water partition coefficient (Wildman–Crippen LogP) is 3.03. The van der Waals surface area contributed by atoms with Crippen molar-refractivity contribution in [1.29, 1.82) is 0 Å². The molecular formula is C19H23N3O2. The molecule has 1 amide bonds. The van der Waals surface area contributed by atoms with Crippen LogP contribution in [0.4, 0.5) is 0 Å². The molecule has 2 N–H and O–H groups in total. The van der Waals surface area contributed by atoms with Crippen LogP contribution in [0.5, 0.6) is 0 Å². The van der Waals surface area contributed by atoms with E-state index in [-0.39, 0.29) is 11.5 Å². The van der Waals surface area contributed by atoms with Crippen molar-refractivity contribution >= 4 is 17.6 Å². The highest BCUT2D eigenvalue weighted by molar-refractivity contribution is 5.94. The van der Waals surface area contributed by atoms with Crippen LogP contribution in [0.25, 0.3) is 11.6 Å². The van der Waals surface area contributed by atoms with Gasteiger partial charge in [-0.3, -0.25) is 9.59 Å². The molecule has 0 fully saturated rings. The molecule has 0 bridgehead atoms. The van der Waals surface area contributed by atoms with Gasteiger partial charge in [-0.2, -0.15) is 0 Å². The number of nitrogens with one attached hydrogen (secondary N) is 2. The molecule has 5 nitrogen and oxygen atoms in total. The number of allylic oxidation sites excluding steroid dienone is 1. The van der Waals surface area contributed by atoms with Crippen molar-refractivity contribution < 1.29 is 4.79 Å². The summed E-state index contributed by atoms with van der Waals surface area (Å²) >= 11 is 0. The minimum Gasteiger partial charge on any atom is -0.355 e. The minimum absolute atomic E-state index is 0.112. The quantitative estimate of drug-likeness (QED) is 0.857. The molecule has 2 aromatic rings. The molecule has 126 valence electrons. The van der Waals surface area contributed by atoms with Gasteiger partial charge in [-0.05, 0) is 42.2 Å². The average molecular weight is 325 g/mol. The molecule has 1 heterocycles. The number of carbonyl (C=O) groups is 1. The Balaban J connectivity index is 2.35. The lowest BCUT2D eigenvalue weighted by atomic mass is 10.1. The lowest BCUT2D eigenvalue weighted by Gasteiger charge is -2.07. The van der Waals surface area contributed by atoms with Gasteiger partial charge in [0.25, 0.3) is 11.5 Å². The van der Waals surface area contributed by atoms with Crippen molar-refractivity contribution in [3.05, 3.63) is 63.3 Å². The Morgan fingerprint density at radius 1 is 1.25 bits per heavy atom. The summed E-state index contributed by atoms with van der Waals surface area (Å²) in [5.74, 6) is 0.503. The summed E-state index contributed by atoms with van der Waals surface area (Å²) in [7, 11) is 1.61. The number of carbonyl (C=O) groups excluding carboxylic acids is 1. The Labute approximate surface area is 141 Å². The van der Waals surface area contributed by atoms with Gasteiger partial charge in [0.15, 0.2) is 0 Å². The Morgan fingerprint density at radius 2 is 1.96 bits per heavy atom. The van der Waals surface area contributed by atoms with Gasteiger partial charge in [-0.25, -0.2) is 4.98 Å². The number of aromatic amines is 1. The molecule has 0 unspecified atom stereocenters. The molecular weight excluding hydrogens is 302 g/mol. The van der Waals surface area contributed by atoms with E-state index >= 15 is 0 Å². The first kappa shape index (κ1) is 17.7. The molecule has 0 atom stereocenters. The molecule has 0 aliphatic heterocycles. The zero-order chi connectivity index (χ0) is 17.5. The summed E-state index contributed by atoms with van der Waals surface area (Å²) in [6.45, 7) is 4.09. The molecule has 0 aliphatic carbocycles. The largest absolute Gasteiger partial charge is 0.355 e. The number of H-pyrrole nitrogens is 1. The maximum Gasteiger partial charge on any atom is 0.251 e. The van der Waals surface area contributed by atoms with Gasteiger partial charge >= 0.3 is 0 Å². The Hall–Kier alpha value is -2.69. The predicted molar refractivity (Wildman–Crippen MR) is 96.8 cm³/mol. The topological polar surface area (TPSA) is 74.8 Å². The summed E-state index contributed by atoms with van der Waals surface area (Å²) < 4.78 is 0. The van der Waals surface area contributed by atoms with E-state index in [2.05, 4.69) is 22.2 Å². The number of nitrogens with zero attached hydrogens (tertiary/aromatic N) is 1. The molecule has 0 spiro atoms. The number of aryl methyl sites for hydroxylation is 1. The first-order valence-corrected chi connectivity index (χ1v) is 8.20. The van der Waals surface area contributed by atoms with E-state index in [0.29, 0.717) is 11.4 Å². The van der Waals surface area contributed by atoms with Gasteiger partial charge in [0, 0.05) is 24.4 Å². The van der Waals surface area contributed by atoms with Crippen LogP contribution in [0.3, 0.4) is 0 Å². The maximum atomic E-state index is 11.8. The summed E-state index contributed by atoms with van der Waals surface area (Å²) in [4.78, 5) is 30.8. The molecule has 1 aromatic heterocycles. The average Bonchev–Trinajstić information content (AvgIpc) is 2.59. The monoisotopic (exact) mass is 325 g/mol. The third-order valence-corrected chi connectivity index (χ3v) is 3.73. The van der Waals surface area contributed by atoms with Gasteiger partial charge in [0.2, 0.25) is 0 Å². The molecule has 5 heteroatoms. The number of aromatic nitrogens is 2. The number of rotatable bonds is 6. The lowest BCUT2D eigenvalue weighted by Crippen LogP contribution is -2.17. The second-order valence-corrected chi connectivity index (χ2v) is 5.56. The molecule has 2 rings (SSSR count). The molecule has 0 radical (unpaired) electrons. The Kier molecular flexibility index (Phi) is 6.07. The van der Waals surface area contributed by atoms with Crippen LogP contribution < -0.4 is 10.9 Å². The van der Waals surface area contributed by atoms with E-state index < -0.39 is 0 Å². The highest BCUT2D eigenvalue weighted by Crippen LogP contribution is 2.18. The molecule has 0 aliphatic rings. The highest BCUT2D eigenvalue weighted by atomic mass is 16.1. The summed E-state index contributed by atoms with van der Waals surface area (Å²) in [5.41, 5.74) is 3.22. The normalized spacial score (nSPS) is 11.4. The molecule has 1 aromatic carbocycles. The zero-order valence-electron chi connectivity index (χ0n) is 14.3. The van der Waals surface area contributed by atoms with E-state index in [0.717, 1.165) is 36.1 Å². The van der Waals surface area contributed by atoms with Gasteiger partial charge < -0.3 is 10.3 Å². The van der Waals surface area contributed by atoms with Crippen LogP contribution >= 0.6 is 0 Å². The maximum absolute atomic E-state index is 11.8. The molecule has 0 saturated carbocycles. The second-order valence-electron chi connectivity index (χ2n) is 5.56. The number of benzene rings is 1. The van der Waals surface area contributed by atoms with Crippen molar-refractivity contribution in [1.82, 2.24) is 15.3 Å². The van der Waals surface area contributed by atoms with E-state index in [1.165, 1.54) is 0 Å². The van der Waals surface area contributed by atoms with Crippen LogP contribution in [0.1, 0.15) is 54.1 Å². The van der Waals surface area contributed by atoms with Crippen LogP contribution in [-0.2, 0) is 6.42 Å². The van der Waals surface area contributed by atoms with E-state index in [4.69, 9.17) is 0 Å². The number of amides is 1. The van der Waals surface area contributed by atoms with Gasteiger partial charge in [0.1, 0.15) is 5.82 Å². The first-order valence-electron chi connectivity index (χ1n) is 8.20. The van der Waals surface area contributed by atoms with Crippen molar-refractivity contribution in [3.63, 3.8) is 0 Å². The third kappa shape index (κ3) is 4.41. The summed E-state index contributed by atoms with van der Waals surface area (Å²) in [5, 5.41) is 2.60. The van der Waals surface area contributed by atoms with Crippen LogP contribution in [0.15, 0.2) is 35.1 Å². The summed E-state index contributed by atoms with van der Waals surface area (Å²) in [6, 6.07) is 8.88. The highest BCUT2D eigenvalue weighted by Gasteiger charge is 2.07. The second kappa shape index (κ2) is 8.24.